The maximum atomic E-state index is 3.67. The topological polar surface area (TPSA) is 51.3 Å². The molecule has 6 aromatic heterocycles. The molecule has 2 N–H and O–H groups in total. The van der Waals surface area contributed by atoms with Crippen LogP contribution in [0.2, 0.25) is 0 Å². The summed E-state index contributed by atoms with van der Waals surface area (Å²) in [5, 5.41) is 10.3. The van der Waals surface area contributed by atoms with Crippen molar-refractivity contribution in [1.82, 2.24) is 28.2 Å². The van der Waals surface area contributed by atoms with E-state index >= 15 is 0 Å². The lowest BCUT2D eigenvalue weighted by Gasteiger charge is -2.42. The fourth-order valence-corrected chi connectivity index (χ4v) is 13.7. The number of hydrogen-bond donors (Lipinski definition) is 2. The first-order valence-electron chi connectivity index (χ1n) is 25.0. The molecule has 0 radical (unpaired) electrons. The van der Waals surface area contributed by atoms with Gasteiger partial charge in [0.25, 0.3) is 0 Å². The summed E-state index contributed by atoms with van der Waals surface area (Å²) in [6.07, 6.45) is 6.30. The summed E-state index contributed by atoms with van der Waals surface area (Å²) in [5.74, 6) is 2.11. The average Bonchev–Trinajstić information content (AvgIpc) is 4.28. The number of H-pyrrole nitrogens is 2. The smallest absolute Gasteiger partial charge is 0.115 e. The molecule has 16 rings (SSSR count). The zero-order valence-corrected chi connectivity index (χ0v) is 39.4. The van der Waals surface area contributed by atoms with Gasteiger partial charge in [-0.2, -0.15) is 0 Å². The first kappa shape index (κ1) is 38.5. The molecule has 6 nitrogen and oxygen atoms in total. The number of para-hydroxylation sites is 4. The Morgan fingerprint density at radius 1 is 0.343 bits per heavy atom. The molecule has 0 saturated carbocycles. The highest BCUT2D eigenvalue weighted by Gasteiger charge is 2.42. The Morgan fingerprint density at radius 2 is 0.786 bits per heavy atom. The van der Waals surface area contributed by atoms with Crippen LogP contribution in [0.5, 0.6) is 0 Å². The number of aromatic nitrogens is 6. The highest BCUT2D eigenvalue weighted by Crippen LogP contribution is 2.61. The summed E-state index contributed by atoms with van der Waals surface area (Å²) in [6, 6.07) is 61.5. The second kappa shape index (κ2) is 13.6. The van der Waals surface area contributed by atoms with E-state index in [4.69, 9.17) is 0 Å². The lowest BCUT2D eigenvalue weighted by molar-refractivity contribution is 0.584. The van der Waals surface area contributed by atoms with Crippen LogP contribution in [0.3, 0.4) is 0 Å². The highest BCUT2D eigenvalue weighted by molar-refractivity contribution is 6.18. The molecule has 0 bridgehead atoms. The van der Waals surface area contributed by atoms with Crippen molar-refractivity contribution >= 4 is 87.2 Å². The van der Waals surface area contributed by atoms with Gasteiger partial charge >= 0.3 is 0 Å². The van der Waals surface area contributed by atoms with Crippen molar-refractivity contribution in [3.63, 3.8) is 0 Å². The van der Waals surface area contributed by atoms with Crippen LogP contribution in [0.4, 0.5) is 0 Å². The molecular weight excluding hydrogens is 853 g/mol. The fraction of sp³-hybridized carbons (Fsp3) is 0.125. The minimum atomic E-state index is 0.213. The van der Waals surface area contributed by atoms with E-state index < -0.39 is 0 Å². The van der Waals surface area contributed by atoms with Gasteiger partial charge in [0.05, 0.1) is 49.8 Å². The Morgan fingerprint density at radius 3 is 1.23 bits per heavy atom. The van der Waals surface area contributed by atoms with E-state index in [-0.39, 0.29) is 11.8 Å². The maximum absolute atomic E-state index is 3.67. The first-order chi connectivity index (χ1) is 34.4. The zero-order chi connectivity index (χ0) is 46.3. The molecule has 0 aliphatic heterocycles. The summed E-state index contributed by atoms with van der Waals surface area (Å²) in [6.45, 7) is 9.99. The van der Waals surface area contributed by atoms with Gasteiger partial charge in [0.2, 0.25) is 0 Å². The largest absolute Gasteiger partial charge is 0.366 e. The lowest BCUT2D eigenvalue weighted by Crippen LogP contribution is -2.24. The molecule has 4 atom stereocenters. The average molecular weight is 901 g/mol. The van der Waals surface area contributed by atoms with Crippen molar-refractivity contribution in [2.45, 2.75) is 51.4 Å². The van der Waals surface area contributed by atoms with Crippen molar-refractivity contribution in [1.29, 1.82) is 0 Å². The molecule has 334 valence electrons. The predicted octanol–water partition coefficient (Wildman–Crippen LogP) is 16.8. The van der Waals surface area contributed by atoms with Gasteiger partial charge in [0.15, 0.2) is 0 Å². The van der Waals surface area contributed by atoms with E-state index in [1.807, 2.05) is 0 Å². The fourth-order valence-electron chi connectivity index (χ4n) is 13.7. The predicted molar refractivity (Wildman–Crippen MR) is 292 cm³/mol. The maximum Gasteiger partial charge on any atom is 0.115 e. The number of benzene rings is 8. The standard InChI is InChI=1S/C64H48N6/c1-35-36(2)47-33-51-49-31-40(68-54-20-11-7-16-44(54)45-17-8-12-21-55(45)68)24-26-57(49)70(58-22-13-28-66-58)64(51)60-38(4)37(3)59-61(62(47)60)46(35)32-50-48-30-39(23-25-56(48)69(63(50)59)41-27-29-65-34-41)67-52-18-9-5-14-42(52)43-15-6-10-19-53(43)67/h5-38,65-66H,1-4H3. The van der Waals surface area contributed by atoms with Crippen molar-refractivity contribution < 1.29 is 0 Å². The Balaban J connectivity index is 1.01. The number of hydrogen-bond acceptors (Lipinski definition) is 0. The van der Waals surface area contributed by atoms with E-state index in [9.17, 15) is 0 Å². The van der Waals surface area contributed by atoms with Gasteiger partial charge < -0.3 is 23.7 Å². The lowest BCUT2D eigenvalue weighted by atomic mass is 9.62. The Kier molecular flexibility index (Phi) is 7.48. The summed E-state index contributed by atoms with van der Waals surface area (Å²) in [7, 11) is 0. The second-order valence-corrected chi connectivity index (χ2v) is 20.4. The molecule has 6 heteroatoms. The molecule has 2 aliphatic carbocycles. The Hall–Kier alpha value is -8.48. The molecule has 6 heterocycles. The molecule has 0 fully saturated rings. The van der Waals surface area contributed by atoms with Gasteiger partial charge in [-0.15, -0.1) is 0 Å². The van der Waals surface area contributed by atoms with Crippen LogP contribution in [0, 0.1) is 0 Å². The molecule has 2 aliphatic rings. The Labute approximate surface area is 403 Å². The third-order valence-electron chi connectivity index (χ3n) is 17.2. The van der Waals surface area contributed by atoms with Gasteiger partial charge in [-0.05, 0) is 148 Å². The molecule has 0 saturated heterocycles. The third-order valence-corrected chi connectivity index (χ3v) is 17.2. The van der Waals surface area contributed by atoms with Crippen molar-refractivity contribution in [3.05, 3.63) is 205 Å². The summed E-state index contributed by atoms with van der Waals surface area (Å²) >= 11 is 0. The minimum absolute atomic E-state index is 0.213. The molecule has 4 unspecified atom stereocenters. The summed E-state index contributed by atoms with van der Waals surface area (Å²) in [4.78, 5) is 7.10. The van der Waals surface area contributed by atoms with Crippen molar-refractivity contribution in [2.24, 2.45) is 0 Å². The summed E-state index contributed by atoms with van der Waals surface area (Å²) < 4.78 is 10.0. The van der Waals surface area contributed by atoms with Crippen molar-refractivity contribution in [2.75, 3.05) is 0 Å². The van der Waals surface area contributed by atoms with Gasteiger partial charge in [-0.25, -0.2) is 0 Å². The van der Waals surface area contributed by atoms with Crippen molar-refractivity contribution in [3.8, 4) is 34.0 Å². The van der Waals surface area contributed by atoms with E-state index in [0.717, 1.165) is 11.5 Å². The van der Waals surface area contributed by atoms with E-state index in [0.29, 0.717) is 11.8 Å². The number of nitrogens with zero attached hydrogens (tertiary/aromatic N) is 4. The number of aromatic amines is 2. The summed E-state index contributed by atoms with van der Waals surface area (Å²) in [5.41, 5.74) is 22.3. The van der Waals surface area contributed by atoms with Crippen LogP contribution >= 0.6 is 0 Å². The first-order valence-corrected chi connectivity index (χ1v) is 25.0. The van der Waals surface area contributed by atoms with Gasteiger partial charge in [-0.1, -0.05) is 100 Å². The van der Waals surface area contributed by atoms with Crippen LogP contribution in [-0.4, -0.2) is 28.2 Å². The van der Waals surface area contributed by atoms with Crippen LogP contribution in [-0.2, 0) is 0 Å². The van der Waals surface area contributed by atoms with Crippen LogP contribution in [0.25, 0.3) is 121 Å². The molecule has 70 heavy (non-hydrogen) atoms. The van der Waals surface area contributed by atoms with Gasteiger partial charge in [0.1, 0.15) is 5.82 Å². The molecule has 0 spiro atoms. The molecule has 0 amide bonds. The normalized spacial score (nSPS) is 17.7. The molecular formula is C64H48N6. The zero-order valence-electron chi connectivity index (χ0n) is 39.4. The minimum Gasteiger partial charge on any atom is -0.366 e. The number of rotatable bonds is 4. The monoisotopic (exact) mass is 900 g/mol. The van der Waals surface area contributed by atoms with Gasteiger partial charge in [-0.3, -0.25) is 4.57 Å². The molecule has 8 aromatic carbocycles. The second-order valence-electron chi connectivity index (χ2n) is 20.4. The SMILES string of the molecule is CC1c2cc3c4cc(-n5c6ccccc6c6ccccc65)ccc4n(-c4cc[nH]c4)c3c3c2-c2c(cc4c5cc(-n6c7ccccc7c7ccccc76)ccc5n(-c5ccc[nH]5)c4c2C(C)C3C)C1C. The Bertz CT molecular complexity index is 4150. The van der Waals surface area contributed by atoms with Gasteiger partial charge in [0, 0.05) is 73.1 Å². The quantitative estimate of drug-likeness (QED) is 0.177. The number of nitrogens with one attached hydrogen (secondary N) is 2. The van der Waals surface area contributed by atoms with E-state index in [1.165, 1.54) is 132 Å². The van der Waals surface area contributed by atoms with Crippen LogP contribution in [0.15, 0.2) is 182 Å². The van der Waals surface area contributed by atoms with Crippen LogP contribution in [0.1, 0.15) is 73.6 Å². The number of fused-ring (bicyclic) bond motifs is 14. The molecule has 14 aromatic rings. The third kappa shape index (κ3) is 4.73. The van der Waals surface area contributed by atoms with E-state index in [1.54, 1.807) is 0 Å². The van der Waals surface area contributed by atoms with Crippen LogP contribution < -0.4 is 0 Å². The van der Waals surface area contributed by atoms with E-state index in [2.05, 4.69) is 238 Å². The highest BCUT2D eigenvalue weighted by atomic mass is 15.1.